The smallest absolute Gasteiger partial charge is 0.254 e. The Morgan fingerprint density at radius 3 is 2.84 bits per heavy atom. The van der Waals surface area contributed by atoms with E-state index in [-0.39, 0.29) is 12.0 Å². The molecule has 0 unspecified atom stereocenters. The molecule has 2 aliphatic rings. The van der Waals surface area contributed by atoms with Crippen LogP contribution in [0, 0.1) is 13.8 Å². The molecule has 1 fully saturated rings. The molecular formula is C20H23N3O2. The van der Waals surface area contributed by atoms with Crippen molar-refractivity contribution in [3.63, 3.8) is 0 Å². The molecule has 1 aliphatic carbocycles. The number of rotatable bonds is 2. The van der Waals surface area contributed by atoms with Crippen LogP contribution in [0.2, 0.25) is 0 Å². The van der Waals surface area contributed by atoms with Crippen molar-refractivity contribution in [1.29, 1.82) is 0 Å². The van der Waals surface area contributed by atoms with E-state index in [0.717, 1.165) is 35.6 Å². The molecule has 4 rings (SSSR count). The van der Waals surface area contributed by atoms with Gasteiger partial charge in [0.1, 0.15) is 11.9 Å². The molecule has 0 N–H and O–H groups in total. The Balaban J connectivity index is 1.53. The second-order valence-electron chi connectivity index (χ2n) is 6.93. The molecule has 2 heterocycles. The number of carbonyl (C=O) groups excluding carboxylic acids is 1. The van der Waals surface area contributed by atoms with Gasteiger partial charge in [0.05, 0.1) is 18.8 Å². The fraction of sp³-hybridized carbons (Fsp3) is 0.450. The maximum Gasteiger partial charge on any atom is 0.254 e. The second kappa shape index (κ2) is 6.56. The minimum absolute atomic E-state index is 0.0884. The maximum atomic E-state index is 12.9. The minimum Gasteiger partial charge on any atom is -0.368 e. The van der Waals surface area contributed by atoms with Crippen LogP contribution >= 0.6 is 0 Å². The summed E-state index contributed by atoms with van der Waals surface area (Å²) in [6.07, 6.45) is 3.23. The molecule has 1 saturated heterocycles. The van der Waals surface area contributed by atoms with Crippen molar-refractivity contribution in [2.45, 2.75) is 39.2 Å². The van der Waals surface area contributed by atoms with Crippen molar-refractivity contribution in [3.05, 3.63) is 58.2 Å². The SMILES string of the molecule is Cc1cc([C@H]2CN(C(=O)c3ccc4c(c3)CCC4)CCO2)nc(C)n1. The number of ether oxygens (including phenoxy) is 1. The van der Waals surface area contributed by atoms with Crippen molar-refractivity contribution in [2.24, 2.45) is 0 Å². The number of hydrogen-bond donors (Lipinski definition) is 0. The quantitative estimate of drug-likeness (QED) is 0.845. The van der Waals surface area contributed by atoms with Gasteiger partial charge >= 0.3 is 0 Å². The van der Waals surface area contributed by atoms with Crippen LogP contribution in [-0.4, -0.2) is 40.5 Å². The van der Waals surface area contributed by atoms with E-state index in [1.165, 1.54) is 17.5 Å². The second-order valence-corrected chi connectivity index (χ2v) is 6.93. The van der Waals surface area contributed by atoms with Crippen LogP contribution in [0.5, 0.6) is 0 Å². The van der Waals surface area contributed by atoms with Gasteiger partial charge in [0.2, 0.25) is 0 Å². The summed E-state index contributed by atoms with van der Waals surface area (Å²) in [5.74, 6) is 0.825. The first-order chi connectivity index (χ1) is 12.1. The molecule has 0 bridgehead atoms. The lowest BCUT2D eigenvalue weighted by molar-refractivity contribution is -0.0248. The first-order valence-electron chi connectivity index (χ1n) is 8.95. The average molecular weight is 337 g/mol. The Bertz CT molecular complexity index is 798. The molecular weight excluding hydrogens is 314 g/mol. The summed E-state index contributed by atoms with van der Waals surface area (Å²) in [4.78, 5) is 23.6. The first kappa shape index (κ1) is 16.2. The predicted molar refractivity (Wildman–Crippen MR) is 94.6 cm³/mol. The molecule has 1 atom stereocenters. The van der Waals surface area contributed by atoms with Crippen molar-refractivity contribution >= 4 is 5.91 Å². The molecule has 0 spiro atoms. The summed E-state index contributed by atoms with van der Waals surface area (Å²) in [5, 5.41) is 0. The topological polar surface area (TPSA) is 55.3 Å². The van der Waals surface area contributed by atoms with Crippen LogP contribution in [0.1, 0.15) is 51.2 Å². The van der Waals surface area contributed by atoms with Crippen molar-refractivity contribution in [2.75, 3.05) is 19.7 Å². The van der Waals surface area contributed by atoms with E-state index in [2.05, 4.69) is 22.1 Å². The summed E-state index contributed by atoms with van der Waals surface area (Å²) < 4.78 is 5.88. The highest BCUT2D eigenvalue weighted by molar-refractivity contribution is 5.94. The fourth-order valence-corrected chi connectivity index (χ4v) is 3.81. The molecule has 25 heavy (non-hydrogen) atoms. The molecule has 5 heteroatoms. The number of hydrogen-bond acceptors (Lipinski definition) is 4. The molecule has 1 aliphatic heterocycles. The lowest BCUT2D eigenvalue weighted by atomic mass is 10.0. The average Bonchev–Trinajstić information content (AvgIpc) is 3.08. The largest absolute Gasteiger partial charge is 0.368 e. The van der Waals surface area contributed by atoms with Crippen LogP contribution in [0.3, 0.4) is 0 Å². The number of aromatic nitrogens is 2. The zero-order valence-corrected chi connectivity index (χ0v) is 14.8. The van der Waals surface area contributed by atoms with E-state index in [1.807, 2.05) is 30.9 Å². The van der Waals surface area contributed by atoms with E-state index < -0.39 is 0 Å². The van der Waals surface area contributed by atoms with Crippen LogP contribution in [0.4, 0.5) is 0 Å². The van der Waals surface area contributed by atoms with Crippen LogP contribution in [0.25, 0.3) is 0 Å². The van der Waals surface area contributed by atoms with E-state index in [1.54, 1.807) is 0 Å². The summed E-state index contributed by atoms with van der Waals surface area (Å²) >= 11 is 0. The van der Waals surface area contributed by atoms with Gasteiger partial charge in [-0.2, -0.15) is 0 Å². The minimum atomic E-state index is -0.187. The van der Waals surface area contributed by atoms with Crippen LogP contribution in [-0.2, 0) is 17.6 Å². The zero-order chi connectivity index (χ0) is 17.4. The summed E-state index contributed by atoms with van der Waals surface area (Å²) in [6.45, 7) is 5.52. The van der Waals surface area contributed by atoms with Gasteiger partial charge < -0.3 is 9.64 Å². The van der Waals surface area contributed by atoms with Gasteiger partial charge in [-0.05, 0) is 62.4 Å². The van der Waals surface area contributed by atoms with Crippen LogP contribution < -0.4 is 0 Å². The Morgan fingerprint density at radius 2 is 2.00 bits per heavy atom. The highest BCUT2D eigenvalue weighted by Gasteiger charge is 2.28. The summed E-state index contributed by atoms with van der Waals surface area (Å²) in [7, 11) is 0. The number of amides is 1. The Labute approximate surface area is 148 Å². The van der Waals surface area contributed by atoms with Gasteiger partial charge in [0.15, 0.2) is 0 Å². The monoisotopic (exact) mass is 337 g/mol. The first-order valence-corrected chi connectivity index (χ1v) is 8.95. The van der Waals surface area contributed by atoms with E-state index >= 15 is 0 Å². The Kier molecular flexibility index (Phi) is 4.25. The molecule has 1 aromatic carbocycles. The standard InChI is InChI=1S/C20H23N3O2/c1-13-10-18(22-14(2)21-13)19-12-23(8-9-25-19)20(24)17-7-6-15-4-3-5-16(15)11-17/h6-7,10-11,19H,3-5,8-9,12H2,1-2H3/t19-/m1/s1. The summed E-state index contributed by atoms with van der Waals surface area (Å²) in [6, 6.07) is 8.11. The molecule has 1 amide bonds. The fourth-order valence-electron chi connectivity index (χ4n) is 3.81. The normalized spacial score (nSPS) is 19.8. The molecule has 130 valence electrons. The molecule has 0 saturated carbocycles. The van der Waals surface area contributed by atoms with Gasteiger partial charge in [0.25, 0.3) is 5.91 Å². The Morgan fingerprint density at radius 1 is 1.16 bits per heavy atom. The number of nitrogens with zero attached hydrogens (tertiary/aromatic N) is 3. The molecule has 5 nitrogen and oxygen atoms in total. The third kappa shape index (κ3) is 3.29. The van der Waals surface area contributed by atoms with Gasteiger partial charge in [-0.1, -0.05) is 6.07 Å². The third-order valence-corrected chi connectivity index (χ3v) is 5.01. The zero-order valence-electron chi connectivity index (χ0n) is 14.8. The van der Waals surface area contributed by atoms with Gasteiger partial charge in [0, 0.05) is 17.8 Å². The Hall–Kier alpha value is -2.27. The molecule has 1 aromatic heterocycles. The highest BCUT2D eigenvalue weighted by Crippen LogP contribution is 2.26. The lowest BCUT2D eigenvalue weighted by Gasteiger charge is -2.33. The van der Waals surface area contributed by atoms with E-state index in [4.69, 9.17) is 4.74 Å². The molecule has 0 radical (unpaired) electrons. The van der Waals surface area contributed by atoms with Crippen LogP contribution in [0.15, 0.2) is 24.3 Å². The summed E-state index contributed by atoms with van der Waals surface area (Å²) in [5.41, 5.74) is 5.29. The predicted octanol–water partition coefficient (Wildman–Crippen LogP) is 2.80. The van der Waals surface area contributed by atoms with E-state index in [9.17, 15) is 4.79 Å². The maximum absolute atomic E-state index is 12.9. The van der Waals surface area contributed by atoms with Gasteiger partial charge in [-0.15, -0.1) is 0 Å². The number of morpholine rings is 1. The van der Waals surface area contributed by atoms with E-state index in [0.29, 0.717) is 19.7 Å². The van der Waals surface area contributed by atoms with Crippen molar-refractivity contribution in [3.8, 4) is 0 Å². The van der Waals surface area contributed by atoms with Crippen molar-refractivity contribution in [1.82, 2.24) is 14.9 Å². The number of benzene rings is 1. The number of aryl methyl sites for hydroxylation is 4. The van der Waals surface area contributed by atoms with Crippen molar-refractivity contribution < 1.29 is 9.53 Å². The number of carbonyl (C=O) groups is 1. The van der Waals surface area contributed by atoms with Gasteiger partial charge in [-0.3, -0.25) is 4.79 Å². The number of fused-ring (bicyclic) bond motifs is 1. The van der Waals surface area contributed by atoms with Gasteiger partial charge in [-0.25, -0.2) is 9.97 Å². The third-order valence-electron chi connectivity index (χ3n) is 5.01. The molecule has 2 aromatic rings. The lowest BCUT2D eigenvalue weighted by Crippen LogP contribution is -2.42. The highest BCUT2D eigenvalue weighted by atomic mass is 16.5.